The van der Waals surface area contributed by atoms with Gasteiger partial charge in [0.15, 0.2) is 0 Å². The number of carbonyl (C=O) groups excluding carboxylic acids is 1. The van der Waals surface area contributed by atoms with E-state index in [9.17, 15) is 9.90 Å². The Hall–Kier alpha value is -1.64. The van der Waals surface area contributed by atoms with Crippen LogP contribution in [0.3, 0.4) is 0 Å². The molecule has 2 aromatic rings. The van der Waals surface area contributed by atoms with E-state index in [2.05, 4.69) is 62.0 Å². The second-order valence-electron chi connectivity index (χ2n) is 7.68. The largest absolute Gasteiger partial charge is 0.391 e. The Morgan fingerprint density at radius 1 is 1.07 bits per heavy atom. The van der Waals surface area contributed by atoms with E-state index in [0.717, 1.165) is 50.4 Å². The average Bonchev–Trinajstić information content (AvgIpc) is 2.68. The number of carbonyl (C=O) groups is 1. The van der Waals surface area contributed by atoms with Crippen LogP contribution in [0, 0.1) is 3.57 Å². The summed E-state index contributed by atoms with van der Waals surface area (Å²) >= 11 is 2.36. The normalized spacial score (nSPS) is 22.6. The molecule has 1 saturated heterocycles. The first kappa shape index (κ1) is 19.7. The fraction of sp³-hybridized carbons (Fsp3) is 0.409. The molecule has 1 fully saturated rings. The first-order chi connectivity index (χ1) is 13.5. The summed E-state index contributed by atoms with van der Waals surface area (Å²) in [7, 11) is 0. The highest BCUT2D eigenvalue weighted by molar-refractivity contribution is 14.1. The minimum atomic E-state index is -0.314. The summed E-state index contributed by atoms with van der Waals surface area (Å²) in [6.45, 7) is 5.14. The maximum atomic E-state index is 11.5. The highest BCUT2D eigenvalue weighted by Crippen LogP contribution is 2.30. The van der Waals surface area contributed by atoms with Gasteiger partial charge in [-0.1, -0.05) is 18.2 Å². The molecule has 5 nitrogen and oxygen atoms in total. The molecular weight excluding hydrogens is 465 g/mol. The maximum absolute atomic E-state index is 11.5. The molecule has 0 radical (unpaired) electrons. The molecule has 1 heterocycles. The van der Waals surface area contributed by atoms with E-state index in [1.807, 2.05) is 18.2 Å². The molecule has 4 rings (SSSR count). The second-order valence-corrected chi connectivity index (χ2v) is 8.92. The predicted octanol–water partition coefficient (Wildman–Crippen LogP) is 2.90. The number of amides is 1. The highest BCUT2D eigenvalue weighted by atomic mass is 127. The number of rotatable bonds is 3. The lowest BCUT2D eigenvalue weighted by Crippen LogP contribution is -2.56. The third-order valence-electron chi connectivity index (χ3n) is 5.81. The topological polar surface area (TPSA) is 55.8 Å². The molecule has 0 saturated carbocycles. The van der Waals surface area contributed by atoms with E-state index in [0.29, 0.717) is 0 Å². The van der Waals surface area contributed by atoms with E-state index in [4.69, 9.17) is 0 Å². The Bertz CT molecular complexity index is 865. The Morgan fingerprint density at radius 3 is 2.57 bits per heavy atom. The van der Waals surface area contributed by atoms with Crippen LogP contribution in [0.1, 0.15) is 18.1 Å². The van der Waals surface area contributed by atoms with Crippen molar-refractivity contribution in [3.05, 3.63) is 57.2 Å². The zero-order valence-electron chi connectivity index (χ0n) is 16.1. The maximum Gasteiger partial charge on any atom is 0.221 e. The molecule has 2 aliphatic rings. The van der Waals surface area contributed by atoms with Crippen LogP contribution in [0.4, 0.5) is 11.4 Å². The van der Waals surface area contributed by atoms with Crippen molar-refractivity contribution in [2.75, 3.05) is 36.4 Å². The molecule has 2 atom stereocenters. The molecule has 148 valence electrons. The number of piperazine rings is 1. The van der Waals surface area contributed by atoms with Gasteiger partial charge in [-0.3, -0.25) is 9.69 Å². The van der Waals surface area contributed by atoms with Gasteiger partial charge in [0, 0.05) is 49.1 Å². The van der Waals surface area contributed by atoms with Crippen LogP contribution >= 0.6 is 22.6 Å². The molecule has 0 spiro atoms. The summed E-state index contributed by atoms with van der Waals surface area (Å²) in [4.78, 5) is 16.3. The molecule has 28 heavy (non-hydrogen) atoms. The van der Waals surface area contributed by atoms with Crippen molar-refractivity contribution in [3.63, 3.8) is 0 Å². The van der Waals surface area contributed by atoms with Crippen LogP contribution in [-0.4, -0.2) is 54.2 Å². The third-order valence-corrected chi connectivity index (χ3v) is 6.48. The number of aliphatic hydroxyl groups is 1. The van der Waals surface area contributed by atoms with Crippen LogP contribution < -0.4 is 10.2 Å². The number of halogens is 1. The van der Waals surface area contributed by atoms with Crippen LogP contribution in [0.25, 0.3) is 0 Å². The molecule has 6 heteroatoms. The Morgan fingerprint density at radius 2 is 1.82 bits per heavy atom. The predicted molar refractivity (Wildman–Crippen MR) is 121 cm³/mol. The number of para-hydroxylation sites is 2. The first-order valence-electron chi connectivity index (χ1n) is 9.82. The van der Waals surface area contributed by atoms with Gasteiger partial charge < -0.3 is 15.3 Å². The van der Waals surface area contributed by atoms with E-state index >= 15 is 0 Å². The van der Waals surface area contributed by atoms with Gasteiger partial charge in [0.25, 0.3) is 0 Å². The fourth-order valence-electron chi connectivity index (χ4n) is 4.42. The highest BCUT2D eigenvalue weighted by Gasteiger charge is 2.33. The summed E-state index contributed by atoms with van der Waals surface area (Å²) in [6.07, 6.45) is 1.34. The zero-order valence-corrected chi connectivity index (χ0v) is 18.2. The number of fused-ring (bicyclic) bond motifs is 1. The van der Waals surface area contributed by atoms with Gasteiger partial charge in [-0.15, -0.1) is 0 Å². The number of nitrogens with one attached hydrogen (secondary N) is 1. The van der Waals surface area contributed by atoms with Gasteiger partial charge in [0.2, 0.25) is 5.91 Å². The van der Waals surface area contributed by atoms with Crippen molar-refractivity contribution in [3.8, 4) is 0 Å². The minimum Gasteiger partial charge on any atom is -0.391 e. The van der Waals surface area contributed by atoms with E-state index < -0.39 is 0 Å². The van der Waals surface area contributed by atoms with Crippen LogP contribution in [-0.2, 0) is 17.6 Å². The van der Waals surface area contributed by atoms with E-state index in [1.165, 1.54) is 21.6 Å². The Labute approximate surface area is 179 Å². The summed E-state index contributed by atoms with van der Waals surface area (Å²) in [5.41, 5.74) is 4.60. The Balaban J connectivity index is 1.44. The van der Waals surface area contributed by atoms with Crippen LogP contribution in [0.15, 0.2) is 42.5 Å². The number of hydrogen-bond donors (Lipinski definition) is 2. The molecule has 1 aliphatic heterocycles. The van der Waals surface area contributed by atoms with E-state index in [-0.39, 0.29) is 18.1 Å². The van der Waals surface area contributed by atoms with Crippen molar-refractivity contribution < 1.29 is 9.90 Å². The van der Waals surface area contributed by atoms with E-state index in [1.54, 1.807) is 0 Å². The lowest BCUT2D eigenvalue weighted by molar-refractivity contribution is -0.114. The standard InChI is InChI=1S/C22H26IN3O2/c1-15(27)24-19-4-2-3-5-20(19)25-8-10-26(11-9-25)21-13-17-12-18(23)7-6-16(17)14-22(21)28/h2-7,12,21-22,28H,8-11,13-14H2,1H3,(H,24,27)/t21-,22-/m1/s1. The van der Waals surface area contributed by atoms with Gasteiger partial charge >= 0.3 is 0 Å². The van der Waals surface area contributed by atoms with Gasteiger partial charge in [-0.25, -0.2) is 0 Å². The Kier molecular flexibility index (Phi) is 5.89. The minimum absolute atomic E-state index is 0.0512. The molecule has 1 aliphatic carbocycles. The summed E-state index contributed by atoms with van der Waals surface area (Å²) in [5, 5.41) is 13.7. The molecular formula is C22H26IN3O2. The fourth-order valence-corrected chi connectivity index (χ4v) is 4.97. The SMILES string of the molecule is CC(=O)Nc1ccccc1N1CCN([C@@H]2Cc3cc(I)ccc3C[C@H]2O)CC1. The van der Waals surface area contributed by atoms with Gasteiger partial charge in [-0.2, -0.15) is 0 Å². The molecule has 0 unspecified atom stereocenters. The number of nitrogens with zero attached hydrogens (tertiary/aromatic N) is 2. The summed E-state index contributed by atoms with van der Waals surface area (Å²) in [5.74, 6) is -0.0512. The lowest BCUT2D eigenvalue weighted by atomic mass is 9.85. The van der Waals surface area contributed by atoms with Crippen molar-refractivity contribution in [2.45, 2.75) is 31.9 Å². The lowest BCUT2D eigenvalue weighted by Gasteiger charge is -2.44. The molecule has 1 amide bonds. The van der Waals surface area contributed by atoms with Crippen molar-refractivity contribution in [1.29, 1.82) is 0 Å². The molecule has 2 N–H and O–H groups in total. The van der Waals surface area contributed by atoms with Crippen LogP contribution in [0.2, 0.25) is 0 Å². The van der Waals surface area contributed by atoms with Gasteiger partial charge in [0.1, 0.15) is 0 Å². The third kappa shape index (κ3) is 4.18. The smallest absolute Gasteiger partial charge is 0.221 e. The van der Waals surface area contributed by atoms with Crippen LogP contribution in [0.5, 0.6) is 0 Å². The number of anilines is 2. The average molecular weight is 491 g/mol. The molecule has 0 aromatic heterocycles. The quantitative estimate of drug-likeness (QED) is 0.649. The zero-order chi connectivity index (χ0) is 19.7. The van der Waals surface area contributed by atoms with Crippen molar-refractivity contribution in [2.24, 2.45) is 0 Å². The van der Waals surface area contributed by atoms with Crippen molar-refractivity contribution in [1.82, 2.24) is 4.90 Å². The number of benzene rings is 2. The molecule has 0 bridgehead atoms. The molecule has 2 aromatic carbocycles. The monoisotopic (exact) mass is 491 g/mol. The van der Waals surface area contributed by atoms with Gasteiger partial charge in [0.05, 0.1) is 17.5 Å². The first-order valence-corrected chi connectivity index (χ1v) is 10.9. The van der Waals surface area contributed by atoms with Gasteiger partial charge in [-0.05, 0) is 64.4 Å². The second kappa shape index (κ2) is 8.39. The summed E-state index contributed by atoms with van der Waals surface area (Å²) < 4.78 is 1.26. The van der Waals surface area contributed by atoms with Crippen molar-refractivity contribution >= 4 is 39.9 Å². The summed E-state index contributed by atoms with van der Waals surface area (Å²) in [6, 6.07) is 14.7. The number of hydrogen-bond acceptors (Lipinski definition) is 4. The number of aliphatic hydroxyl groups excluding tert-OH is 1.